The number of pyridine rings is 1. The zero-order chi connectivity index (χ0) is 25.7. The Labute approximate surface area is 213 Å². The molecule has 3 aromatic heterocycles. The number of carbonyl (C=O) groups excluding carboxylic acids is 1. The molecule has 4 aromatic rings. The Kier molecular flexibility index (Phi) is 5.64. The maximum Gasteiger partial charge on any atom is 0.333 e. The third-order valence-electron chi connectivity index (χ3n) is 6.92. The topological polar surface area (TPSA) is 129 Å². The number of ether oxygens (including phenoxy) is 2. The summed E-state index contributed by atoms with van der Waals surface area (Å²) in [5.74, 6) is 0.0832. The van der Waals surface area contributed by atoms with Crippen LogP contribution in [0.4, 0.5) is 10.5 Å². The van der Waals surface area contributed by atoms with Gasteiger partial charge in [-0.15, -0.1) is 0 Å². The first kappa shape index (κ1) is 23.5. The van der Waals surface area contributed by atoms with Crippen LogP contribution in [0.5, 0.6) is 5.88 Å². The molecule has 1 aromatic carbocycles. The van der Waals surface area contributed by atoms with Crippen molar-refractivity contribution in [3.8, 4) is 17.0 Å². The van der Waals surface area contributed by atoms with Crippen LogP contribution in [-0.4, -0.2) is 53.7 Å². The van der Waals surface area contributed by atoms with Crippen molar-refractivity contribution in [2.24, 2.45) is 0 Å². The van der Waals surface area contributed by atoms with E-state index in [1.54, 1.807) is 17.8 Å². The molecule has 2 aliphatic rings. The zero-order valence-corrected chi connectivity index (χ0v) is 21.2. The van der Waals surface area contributed by atoms with Crippen molar-refractivity contribution in [3.63, 3.8) is 0 Å². The van der Waals surface area contributed by atoms with Crippen LogP contribution in [0, 0.1) is 6.92 Å². The molecule has 1 atom stereocenters. The van der Waals surface area contributed by atoms with Crippen LogP contribution in [0.3, 0.4) is 0 Å². The highest BCUT2D eigenvalue weighted by Crippen LogP contribution is 2.40. The first-order valence-corrected chi connectivity index (χ1v) is 13.5. The molecule has 1 aliphatic carbocycles. The molecular weight excluding hydrogens is 496 g/mol. The van der Waals surface area contributed by atoms with Gasteiger partial charge in [0.05, 0.1) is 23.9 Å². The lowest BCUT2D eigenvalue weighted by Gasteiger charge is -2.23. The van der Waals surface area contributed by atoms with Gasteiger partial charge in [-0.3, -0.25) is 0 Å². The lowest BCUT2D eigenvalue weighted by atomic mass is 9.93. The third-order valence-corrected chi connectivity index (χ3v) is 8.23. The van der Waals surface area contributed by atoms with Crippen molar-refractivity contribution in [2.75, 3.05) is 19.0 Å². The summed E-state index contributed by atoms with van der Waals surface area (Å²) in [6, 6.07) is 7.15. The maximum atomic E-state index is 13.2. The fourth-order valence-electron chi connectivity index (χ4n) is 5.17. The van der Waals surface area contributed by atoms with Gasteiger partial charge in [0, 0.05) is 25.1 Å². The maximum absolute atomic E-state index is 13.2. The minimum absolute atomic E-state index is 0.0832. The summed E-state index contributed by atoms with van der Waals surface area (Å²) in [6.07, 6.45) is 7.21. The van der Waals surface area contributed by atoms with E-state index in [1.165, 1.54) is 10.9 Å². The summed E-state index contributed by atoms with van der Waals surface area (Å²) >= 11 is 0. The van der Waals surface area contributed by atoms with Gasteiger partial charge in [0.2, 0.25) is 5.88 Å². The SMILES string of the molecule is COC1COc2c(S(=O)(=O)NC(=O)Nc3c4c(cc(C)c3-c3ccn5nccc5c3)CCC4)cnn2C1. The number of carbonyl (C=O) groups is 1. The van der Waals surface area contributed by atoms with E-state index in [1.807, 2.05) is 31.3 Å². The van der Waals surface area contributed by atoms with Crippen LogP contribution in [0.1, 0.15) is 23.1 Å². The normalized spacial score (nSPS) is 16.8. The second kappa shape index (κ2) is 8.89. The van der Waals surface area contributed by atoms with Gasteiger partial charge in [0.15, 0.2) is 4.90 Å². The number of anilines is 1. The number of benzene rings is 1. The molecule has 11 nitrogen and oxygen atoms in total. The van der Waals surface area contributed by atoms with Crippen molar-refractivity contribution >= 4 is 27.3 Å². The van der Waals surface area contributed by atoms with E-state index in [0.717, 1.165) is 52.6 Å². The number of hydrogen-bond donors (Lipinski definition) is 2. The second-order valence-electron chi connectivity index (χ2n) is 9.28. The van der Waals surface area contributed by atoms with Gasteiger partial charge in [-0.1, -0.05) is 6.07 Å². The Hall–Kier alpha value is -3.90. The largest absolute Gasteiger partial charge is 0.474 e. The molecule has 0 radical (unpaired) electrons. The second-order valence-corrected chi connectivity index (χ2v) is 10.9. The van der Waals surface area contributed by atoms with E-state index in [4.69, 9.17) is 9.47 Å². The van der Waals surface area contributed by atoms with Gasteiger partial charge in [-0.2, -0.15) is 10.2 Å². The number of aryl methyl sites for hydroxylation is 2. The van der Waals surface area contributed by atoms with Crippen molar-refractivity contribution in [1.29, 1.82) is 0 Å². The van der Waals surface area contributed by atoms with E-state index in [0.29, 0.717) is 12.2 Å². The van der Waals surface area contributed by atoms with Gasteiger partial charge in [0.1, 0.15) is 12.7 Å². The molecule has 2 amide bonds. The molecule has 2 N–H and O–H groups in total. The Bertz CT molecular complexity index is 1640. The molecule has 4 heterocycles. The van der Waals surface area contributed by atoms with Crippen molar-refractivity contribution < 1.29 is 22.7 Å². The zero-order valence-electron chi connectivity index (χ0n) is 20.4. The lowest BCUT2D eigenvalue weighted by molar-refractivity contribution is 0.0165. The molecule has 6 rings (SSSR count). The minimum Gasteiger partial charge on any atom is -0.474 e. The predicted molar refractivity (Wildman–Crippen MR) is 135 cm³/mol. The number of methoxy groups -OCH3 is 1. The number of urea groups is 1. The monoisotopic (exact) mass is 522 g/mol. The molecule has 1 aliphatic heterocycles. The first-order valence-electron chi connectivity index (χ1n) is 12.0. The van der Waals surface area contributed by atoms with Gasteiger partial charge in [0.25, 0.3) is 10.0 Å². The molecule has 1 unspecified atom stereocenters. The highest BCUT2D eigenvalue weighted by atomic mass is 32.2. The molecule has 0 fully saturated rings. The van der Waals surface area contributed by atoms with Crippen molar-refractivity contribution in [3.05, 3.63) is 59.5 Å². The lowest BCUT2D eigenvalue weighted by Crippen LogP contribution is -2.36. The molecule has 37 heavy (non-hydrogen) atoms. The number of aromatic nitrogens is 4. The molecular formula is C25H26N6O5S. The van der Waals surface area contributed by atoms with E-state index in [9.17, 15) is 13.2 Å². The number of hydrogen-bond acceptors (Lipinski definition) is 7. The summed E-state index contributed by atoms with van der Waals surface area (Å²) in [5, 5.41) is 11.2. The Morgan fingerprint density at radius 2 is 2.08 bits per heavy atom. The van der Waals surface area contributed by atoms with Crippen LogP contribution in [0.25, 0.3) is 16.6 Å². The number of sulfonamides is 1. The van der Waals surface area contributed by atoms with Gasteiger partial charge in [-0.25, -0.2) is 27.1 Å². The fourth-order valence-corrected chi connectivity index (χ4v) is 6.16. The molecule has 0 saturated carbocycles. The number of amides is 2. The highest BCUT2D eigenvalue weighted by molar-refractivity contribution is 7.90. The quantitative estimate of drug-likeness (QED) is 0.412. The molecule has 12 heteroatoms. The van der Waals surface area contributed by atoms with E-state index in [2.05, 4.69) is 26.3 Å². The van der Waals surface area contributed by atoms with E-state index in [-0.39, 0.29) is 23.5 Å². The summed E-state index contributed by atoms with van der Waals surface area (Å²) < 4.78 is 42.5. The number of nitrogens with one attached hydrogen (secondary N) is 2. The Balaban J connectivity index is 1.33. The van der Waals surface area contributed by atoms with Gasteiger partial charge >= 0.3 is 6.03 Å². The standard InChI is InChI=1S/C25H26N6O5S/c1-15-10-16-4-3-5-20(16)23(22(15)17-7-9-30-18(11-17)6-8-26-30)28-25(32)29-37(33,34)21-12-27-31-13-19(35-2)14-36-24(21)31/h6-12,19H,3-5,13-14H2,1-2H3,(H2,28,29,32). The summed E-state index contributed by atoms with van der Waals surface area (Å²) in [4.78, 5) is 13.0. The smallest absolute Gasteiger partial charge is 0.333 e. The van der Waals surface area contributed by atoms with Crippen molar-refractivity contribution in [1.82, 2.24) is 24.1 Å². The van der Waals surface area contributed by atoms with Crippen molar-refractivity contribution in [2.45, 2.75) is 43.7 Å². The van der Waals surface area contributed by atoms with Gasteiger partial charge < -0.3 is 14.8 Å². The van der Waals surface area contributed by atoms with Crippen LogP contribution in [0.15, 0.2) is 47.8 Å². The van der Waals surface area contributed by atoms with Crippen LogP contribution < -0.4 is 14.8 Å². The number of nitrogens with zero attached hydrogens (tertiary/aromatic N) is 4. The first-order chi connectivity index (χ1) is 17.8. The minimum atomic E-state index is -4.25. The average molecular weight is 523 g/mol. The summed E-state index contributed by atoms with van der Waals surface area (Å²) in [7, 11) is -2.70. The van der Waals surface area contributed by atoms with E-state index < -0.39 is 16.1 Å². The third kappa shape index (κ3) is 4.11. The van der Waals surface area contributed by atoms with E-state index >= 15 is 0 Å². The average Bonchev–Trinajstić information content (AvgIpc) is 3.62. The summed E-state index contributed by atoms with van der Waals surface area (Å²) in [5.41, 5.74) is 6.49. The number of rotatable bonds is 5. The summed E-state index contributed by atoms with van der Waals surface area (Å²) in [6.45, 7) is 2.54. The number of fused-ring (bicyclic) bond motifs is 3. The molecule has 0 spiro atoms. The molecule has 192 valence electrons. The predicted octanol–water partition coefficient (Wildman–Crippen LogP) is 2.91. The van der Waals surface area contributed by atoms with Crippen LogP contribution >= 0.6 is 0 Å². The Morgan fingerprint density at radius 1 is 1.22 bits per heavy atom. The Morgan fingerprint density at radius 3 is 2.92 bits per heavy atom. The molecule has 0 saturated heterocycles. The molecule has 0 bridgehead atoms. The van der Waals surface area contributed by atoms with Crippen LogP contribution in [0.2, 0.25) is 0 Å². The fraction of sp³-hybridized carbons (Fsp3) is 0.320. The highest BCUT2D eigenvalue weighted by Gasteiger charge is 2.31. The van der Waals surface area contributed by atoms with Crippen LogP contribution in [-0.2, 0) is 34.1 Å². The van der Waals surface area contributed by atoms with Gasteiger partial charge in [-0.05, 0) is 66.6 Å².